The predicted molar refractivity (Wildman–Crippen MR) is 195 cm³/mol. The molecule has 0 amide bonds. The second kappa shape index (κ2) is 17.2. The van der Waals surface area contributed by atoms with Crippen molar-refractivity contribution in [2.45, 2.75) is 13.5 Å². The summed E-state index contributed by atoms with van der Waals surface area (Å²) in [7, 11) is 10.2. The lowest BCUT2D eigenvalue weighted by atomic mass is 10.0. The molecule has 9 nitrogen and oxygen atoms in total. The maximum Gasteiger partial charge on any atom is 0.243 e. The Morgan fingerprint density at radius 3 is 1.67 bits per heavy atom. The van der Waals surface area contributed by atoms with Crippen LogP contribution in [0.5, 0.6) is 0 Å². The smallest absolute Gasteiger partial charge is 0.243 e. The van der Waals surface area contributed by atoms with Crippen molar-refractivity contribution in [2.24, 2.45) is 27.5 Å². The highest BCUT2D eigenvalue weighted by Gasteiger charge is 2.10. The first-order chi connectivity index (χ1) is 22.8. The second-order valence-corrected chi connectivity index (χ2v) is 11.8. The highest BCUT2D eigenvalue weighted by atomic mass is 79.9. The van der Waals surface area contributed by atoms with Gasteiger partial charge in [0.15, 0.2) is 0 Å². The Bertz CT molecular complexity index is 1750. The summed E-state index contributed by atoms with van der Waals surface area (Å²) in [5.41, 5.74) is 8.76. The first-order valence-electron chi connectivity index (χ1n) is 15.8. The zero-order valence-corrected chi connectivity index (χ0v) is 30.2. The van der Waals surface area contributed by atoms with E-state index in [1.165, 1.54) is 5.69 Å². The van der Waals surface area contributed by atoms with Crippen molar-refractivity contribution in [3.8, 4) is 0 Å². The molecular weight excluding hydrogens is 662 g/mol. The summed E-state index contributed by atoms with van der Waals surface area (Å²) in [6.45, 7) is 4.98. The van der Waals surface area contributed by atoms with E-state index in [-0.39, 0.29) is 17.0 Å². The van der Waals surface area contributed by atoms with E-state index >= 15 is 0 Å². The van der Waals surface area contributed by atoms with Gasteiger partial charge >= 0.3 is 0 Å². The van der Waals surface area contributed by atoms with Gasteiger partial charge in [-0.1, -0.05) is 36.4 Å². The van der Waals surface area contributed by atoms with Crippen molar-refractivity contribution in [1.29, 1.82) is 0 Å². The number of hydrogen-bond acceptors (Lipinski definition) is 7. The molecule has 0 radical (unpaired) electrons. The summed E-state index contributed by atoms with van der Waals surface area (Å²) >= 11 is 0. The fourth-order valence-electron chi connectivity index (χ4n) is 5.08. The van der Waals surface area contributed by atoms with Gasteiger partial charge in [0, 0.05) is 62.9 Å². The topological polar surface area (TPSA) is 68.0 Å². The molecule has 10 heteroatoms. The third-order valence-electron chi connectivity index (χ3n) is 7.90. The molecule has 48 heavy (non-hydrogen) atoms. The summed E-state index contributed by atoms with van der Waals surface area (Å²) in [5, 5.41) is 18.0. The van der Waals surface area contributed by atoms with Crippen LogP contribution < -0.4 is 36.2 Å². The Morgan fingerprint density at radius 1 is 0.708 bits per heavy atom. The van der Waals surface area contributed by atoms with Crippen LogP contribution in [0.2, 0.25) is 0 Å². The average Bonchev–Trinajstić information content (AvgIpc) is 3.52. The number of imidazole rings is 1. The number of aromatic nitrogens is 2. The van der Waals surface area contributed by atoms with Crippen LogP contribution in [0.3, 0.4) is 0 Å². The Balaban J connectivity index is 0.00000520. The first-order valence-corrected chi connectivity index (χ1v) is 15.8. The molecule has 0 aliphatic rings. The van der Waals surface area contributed by atoms with Gasteiger partial charge in [0.25, 0.3) is 0 Å². The van der Waals surface area contributed by atoms with Gasteiger partial charge in [-0.25, -0.2) is 9.13 Å². The molecule has 1 heterocycles. The van der Waals surface area contributed by atoms with E-state index < -0.39 is 0 Å². The van der Waals surface area contributed by atoms with Gasteiger partial charge < -0.3 is 31.7 Å². The number of aryl methyl sites for hydroxylation is 1. The van der Waals surface area contributed by atoms with E-state index in [0.717, 1.165) is 64.8 Å². The van der Waals surface area contributed by atoms with Gasteiger partial charge in [-0.2, -0.15) is 15.3 Å². The van der Waals surface area contributed by atoms with Gasteiger partial charge in [-0.3, -0.25) is 0 Å². The number of anilines is 3. The maximum absolute atomic E-state index is 4.67. The van der Waals surface area contributed by atoms with Crippen molar-refractivity contribution in [2.75, 3.05) is 56.0 Å². The molecule has 0 N–H and O–H groups in total. The van der Waals surface area contributed by atoms with Crippen LogP contribution in [0.25, 0.3) is 0 Å². The largest absolute Gasteiger partial charge is 1.00 e. The number of hydrogen-bond donors (Lipinski definition) is 0. The van der Waals surface area contributed by atoms with Crippen molar-refractivity contribution < 1.29 is 21.5 Å². The van der Waals surface area contributed by atoms with E-state index in [9.17, 15) is 0 Å². The monoisotopic (exact) mass is 705 g/mol. The van der Waals surface area contributed by atoms with Gasteiger partial charge in [0.05, 0.1) is 31.2 Å². The van der Waals surface area contributed by atoms with E-state index in [0.29, 0.717) is 0 Å². The van der Waals surface area contributed by atoms with Crippen LogP contribution in [-0.2, 0) is 13.6 Å². The third kappa shape index (κ3) is 9.71. The molecule has 0 saturated heterocycles. The maximum atomic E-state index is 4.67. The molecule has 0 fully saturated rings. The highest BCUT2D eigenvalue weighted by molar-refractivity contribution is 6.13. The number of rotatable bonds is 13. The number of nitrogens with zero attached hydrogens (tertiary/aromatic N) is 9. The average molecular weight is 707 g/mol. The van der Waals surface area contributed by atoms with Crippen LogP contribution in [0.4, 0.5) is 28.4 Å². The number of likely N-dealkylation sites (N-methyl/N-ethyl adjacent to an activating group) is 1. The number of azo groups is 1. The molecule has 248 valence electrons. The molecule has 5 rings (SSSR count). The van der Waals surface area contributed by atoms with Crippen LogP contribution in [0.1, 0.15) is 23.6 Å². The van der Waals surface area contributed by atoms with E-state index in [1.807, 2.05) is 71.6 Å². The summed E-state index contributed by atoms with van der Waals surface area (Å²) in [6, 6.07) is 32.8. The molecule has 0 saturated carbocycles. The van der Waals surface area contributed by atoms with Crippen LogP contribution in [0, 0.1) is 0 Å². The van der Waals surface area contributed by atoms with Gasteiger partial charge in [0.1, 0.15) is 24.7 Å². The number of benzene rings is 4. The molecular formula is C38H44BrN9. The molecule has 0 aliphatic carbocycles. The van der Waals surface area contributed by atoms with Crippen molar-refractivity contribution in [1.82, 2.24) is 4.57 Å². The minimum atomic E-state index is 0. The summed E-state index contributed by atoms with van der Waals surface area (Å²) in [6.07, 6.45) is 8.01. The molecule has 1 aromatic heterocycles. The first kappa shape index (κ1) is 35.8. The molecule has 0 aliphatic heterocycles. The second-order valence-electron chi connectivity index (χ2n) is 11.8. The fraction of sp³-hybridized carbons (Fsp3) is 0.237. The van der Waals surface area contributed by atoms with E-state index in [4.69, 9.17) is 0 Å². The number of halogens is 1. The Kier molecular flexibility index (Phi) is 12.8. The zero-order valence-electron chi connectivity index (χ0n) is 28.6. The van der Waals surface area contributed by atoms with Crippen LogP contribution >= 0.6 is 0 Å². The fourth-order valence-corrected chi connectivity index (χ4v) is 5.08. The lowest BCUT2D eigenvalue weighted by Crippen LogP contribution is -3.00. The van der Waals surface area contributed by atoms with Crippen molar-refractivity contribution in [3.05, 3.63) is 132 Å². The molecule has 0 atom stereocenters. The SMILES string of the molecule is CCN(CCn1cc[n+](C)c1)c1ccc(N=Nc2ccc(C=NN=C(c3ccc(N(C)C)cc3)c3ccc(N(C)C)cc3)cc2)cc1.[Br-]. The Morgan fingerprint density at radius 2 is 1.21 bits per heavy atom. The van der Waals surface area contributed by atoms with Crippen molar-refractivity contribution in [3.63, 3.8) is 0 Å². The molecule has 4 aromatic carbocycles. The summed E-state index contributed by atoms with van der Waals surface area (Å²) in [5.74, 6) is 0. The lowest BCUT2D eigenvalue weighted by molar-refractivity contribution is -0.671. The minimum absolute atomic E-state index is 0. The van der Waals surface area contributed by atoms with E-state index in [2.05, 4.69) is 131 Å². The normalized spacial score (nSPS) is 11.0. The summed E-state index contributed by atoms with van der Waals surface area (Å²) in [4.78, 5) is 6.52. The molecule has 0 bridgehead atoms. The quantitative estimate of drug-likeness (QED) is 0.0796. The van der Waals surface area contributed by atoms with E-state index in [1.54, 1.807) is 6.21 Å². The molecule has 0 spiro atoms. The minimum Gasteiger partial charge on any atom is -1.00 e. The standard InChI is InChI=1S/C38H44N9.BrH/c1-7-47(27-26-46-25-24-45(6)29-46)37-22-16-34(17-23-37)41-40-33-14-8-30(9-15-33)28-39-42-38(31-10-18-35(19-11-31)43(2)3)32-12-20-36(21-13-32)44(4)5;/h8-25,28-29H,7,26-27H2,1-6H3;1H/q+1;/p-1. The van der Waals surface area contributed by atoms with Gasteiger partial charge in [0.2, 0.25) is 6.33 Å². The Labute approximate surface area is 295 Å². The van der Waals surface area contributed by atoms with Crippen LogP contribution in [0.15, 0.2) is 136 Å². The highest BCUT2D eigenvalue weighted by Crippen LogP contribution is 2.23. The zero-order chi connectivity index (χ0) is 33.2. The molecule has 0 unspecified atom stereocenters. The predicted octanol–water partition coefficient (Wildman–Crippen LogP) is 4.26. The van der Waals surface area contributed by atoms with Crippen molar-refractivity contribution >= 4 is 40.4 Å². The van der Waals surface area contributed by atoms with Crippen LogP contribution in [-0.4, -0.2) is 57.8 Å². The third-order valence-corrected chi connectivity index (χ3v) is 7.90. The summed E-state index contributed by atoms with van der Waals surface area (Å²) < 4.78 is 4.26. The lowest BCUT2D eigenvalue weighted by Gasteiger charge is -2.22. The van der Waals surface area contributed by atoms with Gasteiger partial charge in [-0.05, 0) is 73.2 Å². The van der Waals surface area contributed by atoms with Gasteiger partial charge in [-0.15, -0.1) is 5.10 Å². The Hall–Kier alpha value is -5.09. The molecule has 5 aromatic rings.